The van der Waals surface area contributed by atoms with Gasteiger partial charge >= 0.3 is 0 Å². The van der Waals surface area contributed by atoms with Crippen molar-refractivity contribution in [3.05, 3.63) is 178 Å². The van der Waals surface area contributed by atoms with Gasteiger partial charge in [0.25, 0.3) is 0 Å². The van der Waals surface area contributed by atoms with Crippen molar-refractivity contribution < 1.29 is 28.4 Å². The van der Waals surface area contributed by atoms with Gasteiger partial charge in [0.1, 0.15) is 69.6 Å². The number of hydrogen-bond donors (Lipinski definition) is 5. The zero-order valence-corrected chi connectivity index (χ0v) is 65.8. The molecule has 10 aromatic rings. The van der Waals surface area contributed by atoms with Crippen LogP contribution in [0.15, 0.2) is 92.3 Å². The molecule has 0 amide bonds. The Balaban J connectivity index is 0.000000170. The van der Waals surface area contributed by atoms with E-state index in [-0.39, 0.29) is 29.5 Å². The minimum Gasteiger partial charge on any atom is -0.451 e. The summed E-state index contributed by atoms with van der Waals surface area (Å²) in [5, 5.41) is 8.93. The number of nitriles is 1. The molecule has 2 aliphatic rings. The van der Waals surface area contributed by atoms with Crippen LogP contribution in [0.25, 0.3) is 0 Å². The number of methoxy groups -OCH3 is 1. The van der Waals surface area contributed by atoms with Gasteiger partial charge in [-0.1, -0.05) is 95.9 Å². The molecular formula is C81H105N21O6. The van der Waals surface area contributed by atoms with Crippen LogP contribution in [0.2, 0.25) is 0 Å². The van der Waals surface area contributed by atoms with Gasteiger partial charge in [0.15, 0.2) is 57.8 Å². The van der Waals surface area contributed by atoms with E-state index in [0.29, 0.717) is 128 Å². The molecule has 0 aliphatic heterocycles. The first-order valence-corrected chi connectivity index (χ1v) is 36.7. The Kier molecular flexibility index (Phi) is 29.1. The van der Waals surface area contributed by atoms with Crippen LogP contribution < -0.4 is 52.4 Å². The van der Waals surface area contributed by atoms with Crippen LogP contribution in [0.4, 0.5) is 29.1 Å². The molecule has 10 heterocycles. The number of anilines is 5. The molecule has 0 bridgehead atoms. The quantitative estimate of drug-likeness (QED) is 0.0446. The molecule has 0 saturated heterocycles. The number of aromatic nitrogens is 15. The molecule has 27 nitrogen and oxygen atoms in total. The van der Waals surface area contributed by atoms with Gasteiger partial charge in [-0.2, -0.15) is 5.26 Å². The Labute approximate surface area is 634 Å². The fraction of sp³-hybridized carbons (Fsp3) is 0.432. The molecule has 570 valence electrons. The second-order valence-electron chi connectivity index (χ2n) is 28.4. The topological polar surface area (TPSA) is 403 Å². The first kappa shape index (κ1) is 82.3. The van der Waals surface area contributed by atoms with E-state index in [1.165, 1.54) is 44.7 Å². The lowest BCUT2D eigenvalue weighted by atomic mass is 9.99. The Morgan fingerprint density at radius 3 is 0.926 bits per heavy atom. The van der Waals surface area contributed by atoms with Crippen LogP contribution in [0, 0.1) is 45.9 Å². The number of nitrogens with two attached hydrogens (primary N) is 5. The lowest BCUT2D eigenvalue weighted by molar-refractivity contribution is 0.115. The van der Waals surface area contributed by atoms with E-state index in [4.69, 9.17) is 62.4 Å². The van der Waals surface area contributed by atoms with Gasteiger partial charge < -0.3 is 57.1 Å². The Morgan fingerprint density at radius 2 is 0.639 bits per heavy atom. The monoisotopic (exact) mass is 1470 g/mol. The second-order valence-corrected chi connectivity index (χ2v) is 28.4. The first-order valence-electron chi connectivity index (χ1n) is 36.7. The van der Waals surface area contributed by atoms with Crippen molar-refractivity contribution in [2.45, 2.75) is 223 Å². The third-order valence-corrected chi connectivity index (χ3v) is 18.1. The van der Waals surface area contributed by atoms with E-state index in [2.05, 4.69) is 150 Å². The number of ether oxygens (including phenoxy) is 6. The maximum atomic E-state index is 8.93. The normalized spacial score (nSPS) is 13.1. The maximum absolute atomic E-state index is 8.93. The van der Waals surface area contributed by atoms with Crippen LogP contribution in [0.1, 0.15) is 274 Å². The van der Waals surface area contributed by atoms with Gasteiger partial charge in [0.05, 0.1) is 42.8 Å². The molecule has 108 heavy (non-hydrogen) atoms. The summed E-state index contributed by atoms with van der Waals surface area (Å²) < 4.78 is 35.1. The maximum Gasteiger partial charge on any atom is 0.187 e. The predicted molar refractivity (Wildman–Crippen MR) is 420 cm³/mol. The molecule has 10 N–H and O–H groups in total. The second kappa shape index (κ2) is 38.2. The van der Waals surface area contributed by atoms with Crippen LogP contribution in [-0.4, -0.2) is 81.9 Å². The highest BCUT2D eigenvalue weighted by Gasteiger charge is 2.28. The molecule has 0 unspecified atom stereocenters. The molecule has 2 aliphatic carbocycles. The number of rotatable bonds is 21. The fourth-order valence-electron chi connectivity index (χ4n) is 11.2. The smallest absolute Gasteiger partial charge is 0.187 e. The van der Waals surface area contributed by atoms with E-state index in [0.717, 1.165) is 74.3 Å². The summed E-state index contributed by atoms with van der Waals surface area (Å²) in [7, 11) is 1.65. The molecular weight excluding hydrogens is 1360 g/mol. The van der Waals surface area contributed by atoms with E-state index in [1.54, 1.807) is 71.9 Å². The van der Waals surface area contributed by atoms with Crippen molar-refractivity contribution in [2.75, 3.05) is 35.8 Å². The average molecular weight is 1470 g/mol. The highest BCUT2D eigenvalue weighted by Crippen LogP contribution is 2.44. The van der Waals surface area contributed by atoms with E-state index in [1.807, 2.05) is 76.8 Å². The highest BCUT2D eigenvalue weighted by atomic mass is 16.5. The summed E-state index contributed by atoms with van der Waals surface area (Å²) in [5.41, 5.74) is 38.9. The SMILES string of the molecule is CC[C@@H](C)c1cc(Oc2cnc(C)nc2N)c(C(C)C)cn1.CO[C@@H](C)c1cc(Oc2cnc(C)nc2N)c(C(C)C)cn1.Cc1ncc(Oc2cc(C#N)ncc2C(C)C)c(N)n1.Cc1ncc(Oc2cc(C3CC3)ncc2C(C)C)c(N)n1.Cc1ncc(Oc2cc(C3CCCC3)ncc2C(C)C)c(N)n1. The van der Waals surface area contributed by atoms with Crippen molar-refractivity contribution in [1.29, 1.82) is 5.26 Å². The molecule has 2 fully saturated rings. The number of pyridine rings is 5. The number of hydrogen-bond acceptors (Lipinski definition) is 27. The van der Waals surface area contributed by atoms with Crippen LogP contribution in [-0.2, 0) is 4.74 Å². The van der Waals surface area contributed by atoms with Crippen molar-refractivity contribution in [2.24, 2.45) is 0 Å². The molecule has 0 aromatic carbocycles. The Morgan fingerprint density at radius 1 is 0.361 bits per heavy atom. The van der Waals surface area contributed by atoms with Crippen molar-refractivity contribution in [1.82, 2.24) is 74.8 Å². The van der Waals surface area contributed by atoms with Crippen LogP contribution in [0.3, 0.4) is 0 Å². The van der Waals surface area contributed by atoms with Crippen LogP contribution >= 0.6 is 0 Å². The molecule has 27 heteroatoms. The summed E-state index contributed by atoms with van der Waals surface area (Å²) in [4.78, 5) is 63.6. The molecule has 2 saturated carbocycles. The highest BCUT2D eigenvalue weighted by molar-refractivity contribution is 5.54. The van der Waals surface area contributed by atoms with Gasteiger partial charge in [0, 0.05) is 125 Å². The zero-order valence-electron chi connectivity index (χ0n) is 65.8. The van der Waals surface area contributed by atoms with Gasteiger partial charge in [-0.15, -0.1) is 0 Å². The van der Waals surface area contributed by atoms with Gasteiger partial charge in [-0.25, -0.2) is 54.8 Å². The van der Waals surface area contributed by atoms with E-state index < -0.39 is 0 Å². The van der Waals surface area contributed by atoms with Gasteiger partial charge in [-0.05, 0) is 109 Å². The summed E-state index contributed by atoms with van der Waals surface area (Å²) >= 11 is 0. The van der Waals surface area contributed by atoms with Crippen molar-refractivity contribution >= 4 is 29.1 Å². The molecule has 0 radical (unpaired) electrons. The fourth-order valence-corrected chi connectivity index (χ4v) is 11.2. The van der Waals surface area contributed by atoms with Gasteiger partial charge in [0.2, 0.25) is 0 Å². The number of nitrogens with zero attached hydrogens (tertiary/aromatic N) is 16. The number of nitrogen functional groups attached to an aromatic ring is 5. The summed E-state index contributed by atoms with van der Waals surface area (Å²) in [6, 6.07) is 11.6. The molecule has 10 aromatic heterocycles. The van der Waals surface area contributed by atoms with E-state index in [9.17, 15) is 0 Å². The standard InChI is InChI=1S/C18H24N4O.C17H24N4O.C16H22N4O2.C16H20N4O.C14H15N5O/c1-11(2)14-9-21-15(13-6-4-5-7-13)8-16(14)23-17-10-20-12(3)22-18(17)19;1-6-11(4)14-7-15(13(8-20-14)10(2)3)22-16-9-19-12(5)21-17(16)18;1-9(2)12-7-19-13(10(3)21-5)6-14(12)22-15-8-18-11(4)20-16(15)17;1-9(2)12-7-19-13(11-4-5-11)6-14(12)21-15-8-18-10(3)20-16(15)17;1-8(2)11-6-18-10(5-15)4-12(11)20-13-7-17-9(3)19-14(13)16/h8-11,13H,4-7H2,1-3H3,(H2,19,20,22);7-11H,6H2,1-5H3,(H2,18,19,21);6-10H,1-5H3,(H2,17,18,20);6-9,11H,4-5H2,1-3H3,(H2,17,18,20);4,6-8H,1-3H3,(H2,16,17,19)/t;11-;10-;;/m.10../s1. The van der Waals surface area contributed by atoms with Crippen molar-refractivity contribution in [3.8, 4) is 63.6 Å². The first-order chi connectivity index (χ1) is 51.4. The van der Waals surface area contributed by atoms with E-state index >= 15 is 0 Å². The minimum atomic E-state index is -0.116. The lowest BCUT2D eigenvalue weighted by Crippen LogP contribution is -2.04. The van der Waals surface area contributed by atoms with Gasteiger partial charge in [-0.3, -0.25) is 19.9 Å². The minimum absolute atomic E-state index is 0.116. The van der Waals surface area contributed by atoms with Crippen molar-refractivity contribution in [3.63, 3.8) is 0 Å². The molecule has 12 rings (SSSR count). The summed E-state index contributed by atoms with van der Waals surface area (Å²) in [5.74, 6) is 13.6. The Hall–Kier alpha value is -11.4. The predicted octanol–water partition coefficient (Wildman–Crippen LogP) is 18.0. The lowest BCUT2D eigenvalue weighted by Gasteiger charge is -2.17. The zero-order chi connectivity index (χ0) is 78.6. The Bertz CT molecular complexity index is 4600. The number of aryl methyl sites for hydroxylation is 5. The molecule has 2 atom stereocenters. The van der Waals surface area contributed by atoms with Crippen LogP contribution in [0.5, 0.6) is 57.5 Å². The third kappa shape index (κ3) is 22.8. The average Bonchev–Trinajstić information content (AvgIpc) is 1.84. The third-order valence-electron chi connectivity index (χ3n) is 18.1. The summed E-state index contributed by atoms with van der Waals surface area (Å²) in [6.07, 6.45) is 25.5. The molecule has 0 spiro atoms. The largest absolute Gasteiger partial charge is 0.451 e. The summed E-state index contributed by atoms with van der Waals surface area (Å²) in [6.45, 7) is 36.1.